The molecule has 0 aliphatic carbocycles. The van der Waals surface area contributed by atoms with Gasteiger partial charge >= 0.3 is 0 Å². The largest absolute Gasteiger partial charge is 0.473 e. The number of hydrogen-bond donors (Lipinski definition) is 1. The molecule has 3 heteroatoms. The molecule has 0 atom stereocenters. The number of aromatic amines is 1. The van der Waals surface area contributed by atoms with Crippen LogP contribution in [0.25, 0.3) is 21.9 Å². The number of ether oxygens (including phenoxy) is 1. The van der Waals surface area contributed by atoms with Gasteiger partial charge < -0.3 is 9.72 Å². The summed E-state index contributed by atoms with van der Waals surface area (Å²) in [6.07, 6.45) is 0. The van der Waals surface area contributed by atoms with E-state index in [1.807, 2.05) is 48.5 Å². The average molecular weight is 274 g/mol. The van der Waals surface area contributed by atoms with E-state index < -0.39 is 0 Å². The van der Waals surface area contributed by atoms with Gasteiger partial charge in [-0.3, -0.25) is 0 Å². The Morgan fingerprint density at radius 1 is 0.810 bits per heavy atom. The second-order valence-electron chi connectivity index (χ2n) is 4.99. The van der Waals surface area contributed by atoms with Crippen molar-refractivity contribution < 1.29 is 4.74 Å². The van der Waals surface area contributed by atoms with E-state index in [0.717, 1.165) is 22.1 Å². The summed E-state index contributed by atoms with van der Waals surface area (Å²) in [5.74, 6) is 0.637. The molecule has 4 aromatic rings. The molecule has 0 bridgehead atoms. The molecule has 0 saturated carbocycles. The molecule has 0 fully saturated rings. The minimum absolute atomic E-state index is 0.527. The molecule has 2 aromatic heterocycles. The van der Waals surface area contributed by atoms with E-state index in [1.165, 1.54) is 5.39 Å². The Kier molecular flexibility index (Phi) is 2.82. The molecule has 0 aliphatic rings. The number of rotatable bonds is 3. The zero-order valence-corrected chi connectivity index (χ0v) is 11.4. The van der Waals surface area contributed by atoms with Crippen LogP contribution in [0.3, 0.4) is 0 Å². The second-order valence-corrected chi connectivity index (χ2v) is 4.99. The van der Waals surface area contributed by atoms with E-state index in [1.54, 1.807) is 0 Å². The van der Waals surface area contributed by atoms with Crippen molar-refractivity contribution in [1.82, 2.24) is 9.97 Å². The molecule has 1 N–H and O–H groups in total. The maximum absolute atomic E-state index is 5.77. The SMILES string of the molecule is c1ccc(COc2ccc3c(n2)[nH]c2ccccc23)cc1. The monoisotopic (exact) mass is 274 g/mol. The van der Waals surface area contributed by atoms with E-state index >= 15 is 0 Å². The number of nitrogens with zero attached hydrogens (tertiary/aromatic N) is 1. The zero-order chi connectivity index (χ0) is 14.1. The van der Waals surface area contributed by atoms with Crippen molar-refractivity contribution in [3.8, 4) is 5.88 Å². The Bertz CT molecular complexity index is 897. The maximum atomic E-state index is 5.77. The average Bonchev–Trinajstić information content (AvgIpc) is 2.91. The van der Waals surface area contributed by atoms with Crippen LogP contribution in [0.5, 0.6) is 5.88 Å². The summed E-state index contributed by atoms with van der Waals surface area (Å²) in [6.45, 7) is 0.527. The first-order valence-electron chi connectivity index (χ1n) is 6.94. The number of H-pyrrole nitrogens is 1. The molecule has 0 aliphatic heterocycles. The van der Waals surface area contributed by atoms with E-state index in [0.29, 0.717) is 12.5 Å². The van der Waals surface area contributed by atoms with Crippen LogP contribution in [0.4, 0.5) is 0 Å². The number of hydrogen-bond acceptors (Lipinski definition) is 2. The predicted octanol–water partition coefficient (Wildman–Crippen LogP) is 4.30. The maximum Gasteiger partial charge on any atom is 0.215 e. The van der Waals surface area contributed by atoms with Crippen molar-refractivity contribution in [1.29, 1.82) is 0 Å². The van der Waals surface area contributed by atoms with Crippen molar-refractivity contribution >= 4 is 21.9 Å². The van der Waals surface area contributed by atoms with Gasteiger partial charge in [0, 0.05) is 22.4 Å². The first-order valence-corrected chi connectivity index (χ1v) is 6.94. The summed E-state index contributed by atoms with van der Waals surface area (Å²) in [5.41, 5.74) is 3.10. The molecule has 0 unspecified atom stereocenters. The molecule has 0 radical (unpaired) electrons. The van der Waals surface area contributed by atoms with E-state index in [4.69, 9.17) is 4.74 Å². The highest BCUT2D eigenvalue weighted by molar-refractivity contribution is 6.05. The first-order chi connectivity index (χ1) is 10.4. The number of benzene rings is 2. The highest BCUT2D eigenvalue weighted by Gasteiger charge is 2.06. The molecule has 2 aromatic carbocycles. The smallest absolute Gasteiger partial charge is 0.215 e. The van der Waals surface area contributed by atoms with Gasteiger partial charge in [-0.05, 0) is 17.7 Å². The van der Waals surface area contributed by atoms with E-state index in [2.05, 4.69) is 28.2 Å². The van der Waals surface area contributed by atoms with Crippen molar-refractivity contribution in [3.63, 3.8) is 0 Å². The van der Waals surface area contributed by atoms with Gasteiger partial charge in [0.05, 0.1) is 0 Å². The van der Waals surface area contributed by atoms with Gasteiger partial charge in [0.25, 0.3) is 0 Å². The Hall–Kier alpha value is -2.81. The Labute approximate surface area is 122 Å². The highest BCUT2D eigenvalue weighted by atomic mass is 16.5. The molecule has 102 valence electrons. The molecule has 2 heterocycles. The summed E-state index contributed by atoms with van der Waals surface area (Å²) in [5, 5.41) is 2.31. The topological polar surface area (TPSA) is 37.9 Å². The van der Waals surface area contributed by atoms with Crippen molar-refractivity contribution in [2.45, 2.75) is 6.61 Å². The van der Waals surface area contributed by atoms with E-state index in [-0.39, 0.29) is 0 Å². The van der Waals surface area contributed by atoms with E-state index in [9.17, 15) is 0 Å². The minimum Gasteiger partial charge on any atom is -0.473 e. The van der Waals surface area contributed by atoms with Crippen LogP contribution < -0.4 is 4.74 Å². The third-order valence-corrected chi connectivity index (χ3v) is 3.57. The zero-order valence-electron chi connectivity index (χ0n) is 11.4. The number of nitrogens with one attached hydrogen (secondary N) is 1. The third-order valence-electron chi connectivity index (χ3n) is 3.57. The lowest BCUT2D eigenvalue weighted by molar-refractivity contribution is 0.295. The summed E-state index contributed by atoms with van der Waals surface area (Å²) in [6, 6.07) is 22.3. The standard InChI is InChI=1S/C18H14N2O/c1-2-6-13(7-3-1)12-21-17-11-10-15-14-8-4-5-9-16(14)19-18(15)20-17/h1-11H,12H2,(H,19,20). The predicted molar refractivity (Wildman–Crippen MR) is 84.4 cm³/mol. The fraction of sp³-hybridized carbons (Fsp3) is 0.0556. The van der Waals surface area contributed by atoms with Crippen LogP contribution in [0, 0.1) is 0 Å². The van der Waals surface area contributed by atoms with Crippen LogP contribution in [-0.4, -0.2) is 9.97 Å². The minimum atomic E-state index is 0.527. The third kappa shape index (κ3) is 2.23. The Morgan fingerprint density at radius 3 is 2.52 bits per heavy atom. The van der Waals surface area contributed by atoms with Crippen molar-refractivity contribution in [2.24, 2.45) is 0 Å². The van der Waals surface area contributed by atoms with Crippen LogP contribution in [0.1, 0.15) is 5.56 Å². The molecule has 0 saturated heterocycles. The van der Waals surface area contributed by atoms with Gasteiger partial charge in [0.15, 0.2) is 0 Å². The van der Waals surface area contributed by atoms with Crippen molar-refractivity contribution in [2.75, 3.05) is 0 Å². The molecule has 21 heavy (non-hydrogen) atoms. The van der Waals surface area contributed by atoms with Crippen LogP contribution >= 0.6 is 0 Å². The lowest BCUT2D eigenvalue weighted by Gasteiger charge is -2.05. The fourth-order valence-electron chi connectivity index (χ4n) is 2.52. The molecule has 0 amide bonds. The molecular weight excluding hydrogens is 260 g/mol. The van der Waals surface area contributed by atoms with Crippen LogP contribution in [-0.2, 0) is 6.61 Å². The lowest BCUT2D eigenvalue weighted by atomic mass is 10.2. The number of pyridine rings is 1. The number of aromatic nitrogens is 2. The summed E-state index contributed by atoms with van der Waals surface area (Å²) >= 11 is 0. The Morgan fingerprint density at radius 2 is 1.62 bits per heavy atom. The normalized spacial score (nSPS) is 11.0. The molecular formula is C18H14N2O. The van der Waals surface area contributed by atoms with Crippen molar-refractivity contribution in [3.05, 3.63) is 72.3 Å². The van der Waals surface area contributed by atoms with Gasteiger partial charge in [-0.15, -0.1) is 0 Å². The first kappa shape index (κ1) is 12.0. The highest BCUT2D eigenvalue weighted by Crippen LogP contribution is 2.25. The Balaban J connectivity index is 1.66. The number of fused-ring (bicyclic) bond motifs is 3. The van der Waals surface area contributed by atoms with Gasteiger partial charge in [0.1, 0.15) is 12.3 Å². The second kappa shape index (κ2) is 4.94. The summed E-state index contributed by atoms with van der Waals surface area (Å²) in [7, 11) is 0. The van der Waals surface area contributed by atoms with Crippen LogP contribution in [0.2, 0.25) is 0 Å². The van der Waals surface area contributed by atoms with Gasteiger partial charge in [-0.1, -0.05) is 48.5 Å². The van der Waals surface area contributed by atoms with Gasteiger partial charge in [-0.2, -0.15) is 4.98 Å². The molecule has 3 nitrogen and oxygen atoms in total. The van der Waals surface area contributed by atoms with Crippen LogP contribution in [0.15, 0.2) is 66.7 Å². The fourth-order valence-corrected chi connectivity index (χ4v) is 2.52. The van der Waals surface area contributed by atoms with Gasteiger partial charge in [0.2, 0.25) is 5.88 Å². The quantitative estimate of drug-likeness (QED) is 0.605. The summed E-state index contributed by atoms with van der Waals surface area (Å²) < 4.78 is 5.77. The van der Waals surface area contributed by atoms with Gasteiger partial charge in [-0.25, -0.2) is 0 Å². The molecule has 4 rings (SSSR count). The molecule has 0 spiro atoms. The summed E-state index contributed by atoms with van der Waals surface area (Å²) in [4.78, 5) is 7.88. The lowest BCUT2D eigenvalue weighted by Crippen LogP contribution is -1.96. The number of para-hydroxylation sites is 1.